The molecule has 2 heterocycles. The molecule has 158 valence electrons. The van der Waals surface area contributed by atoms with E-state index in [9.17, 15) is 4.79 Å². The molecule has 2 aromatic carbocycles. The Hall–Kier alpha value is -2.48. The Morgan fingerprint density at radius 1 is 1.03 bits per heavy atom. The van der Waals surface area contributed by atoms with Crippen molar-refractivity contribution in [2.45, 2.75) is 6.54 Å². The molecular weight excluding hydrogens is 396 g/mol. The number of rotatable bonds is 8. The van der Waals surface area contributed by atoms with Crippen LogP contribution >= 0.6 is 11.3 Å². The molecule has 1 aliphatic heterocycles. The molecule has 0 unspecified atom stereocenters. The van der Waals surface area contributed by atoms with Gasteiger partial charge in [0.25, 0.3) is 5.91 Å². The van der Waals surface area contributed by atoms with E-state index in [1.54, 1.807) is 16.2 Å². The van der Waals surface area contributed by atoms with Crippen molar-refractivity contribution >= 4 is 27.5 Å². The molecule has 0 atom stereocenters. The molecule has 0 aliphatic carbocycles. The van der Waals surface area contributed by atoms with E-state index in [2.05, 4.69) is 11.1 Å². The number of thiazole rings is 1. The van der Waals surface area contributed by atoms with E-state index in [0.717, 1.165) is 55.6 Å². The van der Waals surface area contributed by atoms with Crippen LogP contribution in [0.2, 0.25) is 0 Å². The van der Waals surface area contributed by atoms with Gasteiger partial charge in [-0.05, 0) is 24.3 Å². The lowest BCUT2D eigenvalue weighted by Gasteiger charge is -2.30. The number of nitrogens with one attached hydrogen (secondary N) is 2. The van der Waals surface area contributed by atoms with Crippen molar-refractivity contribution in [3.8, 4) is 5.75 Å². The molecule has 4 rings (SSSR count). The second-order valence-corrected chi connectivity index (χ2v) is 9.03. The predicted octanol–water partition coefficient (Wildman–Crippen LogP) is 0.117. The summed E-state index contributed by atoms with van der Waals surface area (Å²) >= 11 is 1.67. The summed E-state index contributed by atoms with van der Waals surface area (Å²) in [5.41, 5.74) is 1.01. The van der Waals surface area contributed by atoms with E-state index < -0.39 is 0 Å². The van der Waals surface area contributed by atoms with E-state index >= 15 is 0 Å². The van der Waals surface area contributed by atoms with Gasteiger partial charge >= 0.3 is 0 Å². The third-order valence-corrected chi connectivity index (χ3v) is 6.69. The summed E-state index contributed by atoms with van der Waals surface area (Å²) in [5, 5.41) is 0.995. The lowest BCUT2D eigenvalue weighted by atomic mass is 10.3. The highest BCUT2D eigenvalue weighted by molar-refractivity contribution is 7.18. The van der Waals surface area contributed by atoms with Crippen molar-refractivity contribution in [2.75, 3.05) is 52.9 Å². The number of hydrogen-bond acceptors (Lipinski definition) is 4. The lowest BCUT2D eigenvalue weighted by Crippen LogP contribution is -3.28. The van der Waals surface area contributed by atoms with Crippen molar-refractivity contribution in [1.82, 2.24) is 9.88 Å². The second kappa shape index (κ2) is 10.0. The van der Waals surface area contributed by atoms with Crippen LogP contribution in [0.4, 0.5) is 0 Å². The highest BCUT2D eigenvalue weighted by Gasteiger charge is 2.26. The number of piperazine rings is 1. The van der Waals surface area contributed by atoms with Gasteiger partial charge in [-0.25, -0.2) is 4.98 Å². The van der Waals surface area contributed by atoms with E-state index in [0.29, 0.717) is 13.1 Å². The molecule has 0 bridgehead atoms. The first-order valence-electron chi connectivity index (χ1n) is 10.6. The summed E-state index contributed by atoms with van der Waals surface area (Å²) in [5.74, 6) is 1.13. The van der Waals surface area contributed by atoms with Crippen molar-refractivity contribution < 1.29 is 19.3 Å². The quantitative estimate of drug-likeness (QED) is 0.538. The van der Waals surface area contributed by atoms with Gasteiger partial charge < -0.3 is 19.4 Å². The molecule has 1 amide bonds. The number of carbonyl (C=O) groups is 1. The average Bonchev–Trinajstić information content (AvgIpc) is 3.18. The number of carbonyl (C=O) groups excluding carboxylic acids is 1. The van der Waals surface area contributed by atoms with Gasteiger partial charge in [0.15, 0.2) is 6.54 Å². The van der Waals surface area contributed by atoms with Gasteiger partial charge in [-0.2, -0.15) is 0 Å². The van der Waals surface area contributed by atoms with E-state index in [-0.39, 0.29) is 5.91 Å². The molecule has 1 saturated heterocycles. The summed E-state index contributed by atoms with van der Waals surface area (Å²) in [6.07, 6.45) is 0. The minimum atomic E-state index is 0.195. The SMILES string of the molecule is CN(Cc1nc2ccccc2s1)C(=O)C[NH+]1CC[NH+](CCOc2ccccc2)CC1. The number of para-hydroxylation sites is 2. The Bertz CT molecular complexity index is 921. The Labute approximate surface area is 181 Å². The summed E-state index contributed by atoms with van der Waals surface area (Å²) in [6, 6.07) is 18.1. The number of ether oxygens (including phenoxy) is 1. The van der Waals surface area contributed by atoms with Gasteiger partial charge in [0.2, 0.25) is 0 Å². The molecular formula is C23H30N4O2S+2. The summed E-state index contributed by atoms with van der Waals surface area (Å²) in [7, 11) is 1.89. The number of fused-ring (bicyclic) bond motifs is 1. The van der Waals surface area contributed by atoms with Crippen LogP contribution in [0.5, 0.6) is 5.75 Å². The Morgan fingerprint density at radius 2 is 1.73 bits per heavy atom. The standard InChI is InChI=1S/C23H28N4O2S/c1-25(17-22-24-20-9-5-6-10-21(20)30-22)23(28)18-27-13-11-26(12-14-27)15-16-29-19-7-3-2-4-8-19/h2-10H,11-18H2,1H3/p+2. The van der Waals surface area contributed by atoms with Crippen LogP contribution in [0.25, 0.3) is 10.2 Å². The van der Waals surface area contributed by atoms with Gasteiger partial charge in [0, 0.05) is 7.05 Å². The lowest BCUT2D eigenvalue weighted by molar-refractivity contribution is -1.01. The Balaban J connectivity index is 1.17. The molecule has 0 spiro atoms. The molecule has 1 fully saturated rings. The largest absolute Gasteiger partial charge is 0.488 e. The molecule has 7 heteroatoms. The molecule has 6 nitrogen and oxygen atoms in total. The van der Waals surface area contributed by atoms with Crippen LogP contribution in [-0.2, 0) is 11.3 Å². The maximum Gasteiger partial charge on any atom is 0.277 e. The highest BCUT2D eigenvalue weighted by Crippen LogP contribution is 2.22. The molecule has 30 heavy (non-hydrogen) atoms. The number of amides is 1. The predicted molar refractivity (Wildman–Crippen MR) is 119 cm³/mol. The fraction of sp³-hybridized carbons (Fsp3) is 0.391. The smallest absolute Gasteiger partial charge is 0.277 e. The number of benzene rings is 2. The van der Waals surface area contributed by atoms with Crippen molar-refractivity contribution in [2.24, 2.45) is 0 Å². The zero-order chi connectivity index (χ0) is 20.8. The van der Waals surface area contributed by atoms with Crippen LogP contribution < -0.4 is 14.5 Å². The third kappa shape index (κ3) is 5.56. The monoisotopic (exact) mass is 426 g/mol. The molecule has 0 saturated carbocycles. The molecule has 0 radical (unpaired) electrons. The fourth-order valence-electron chi connectivity index (χ4n) is 3.84. The van der Waals surface area contributed by atoms with E-state index in [4.69, 9.17) is 4.74 Å². The fourth-order valence-corrected chi connectivity index (χ4v) is 4.86. The minimum Gasteiger partial charge on any atom is -0.488 e. The highest BCUT2D eigenvalue weighted by atomic mass is 32.1. The maximum atomic E-state index is 12.7. The zero-order valence-corrected chi connectivity index (χ0v) is 18.3. The molecule has 1 aliphatic rings. The summed E-state index contributed by atoms with van der Waals surface area (Å²) < 4.78 is 6.99. The van der Waals surface area contributed by atoms with Crippen LogP contribution in [0.1, 0.15) is 5.01 Å². The van der Waals surface area contributed by atoms with Crippen LogP contribution in [-0.4, -0.2) is 68.7 Å². The molecule has 2 N–H and O–H groups in total. The van der Waals surface area contributed by atoms with Gasteiger partial charge in [-0.3, -0.25) is 4.79 Å². The molecule has 3 aromatic rings. The van der Waals surface area contributed by atoms with E-state index in [1.807, 2.05) is 60.5 Å². The first-order valence-corrected chi connectivity index (χ1v) is 11.4. The number of likely N-dealkylation sites (N-methyl/N-ethyl adjacent to an activating group) is 1. The van der Waals surface area contributed by atoms with Gasteiger partial charge in [-0.1, -0.05) is 30.3 Å². The first kappa shape index (κ1) is 20.8. The second-order valence-electron chi connectivity index (χ2n) is 7.91. The Kier molecular flexibility index (Phi) is 6.94. The first-order chi connectivity index (χ1) is 14.7. The third-order valence-electron chi connectivity index (χ3n) is 5.67. The maximum absolute atomic E-state index is 12.7. The van der Waals surface area contributed by atoms with Gasteiger partial charge in [0.1, 0.15) is 50.1 Å². The van der Waals surface area contributed by atoms with Crippen molar-refractivity contribution in [3.05, 3.63) is 59.6 Å². The normalized spacial score (nSPS) is 19.0. The average molecular weight is 427 g/mol. The van der Waals surface area contributed by atoms with Crippen LogP contribution in [0.3, 0.4) is 0 Å². The minimum absolute atomic E-state index is 0.195. The van der Waals surface area contributed by atoms with Crippen molar-refractivity contribution in [1.29, 1.82) is 0 Å². The number of nitrogens with zero attached hydrogens (tertiary/aromatic N) is 2. The van der Waals surface area contributed by atoms with E-state index in [1.165, 1.54) is 9.60 Å². The zero-order valence-electron chi connectivity index (χ0n) is 17.5. The molecule has 1 aromatic heterocycles. The summed E-state index contributed by atoms with van der Waals surface area (Å²) in [4.78, 5) is 22.1. The van der Waals surface area contributed by atoms with Crippen molar-refractivity contribution in [3.63, 3.8) is 0 Å². The van der Waals surface area contributed by atoms with Gasteiger partial charge in [-0.15, -0.1) is 11.3 Å². The Morgan fingerprint density at radius 3 is 2.50 bits per heavy atom. The van der Waals surface area contributed by atoms with Gasteiger partial charge in [0.05, 0.1) is 16.8 Å². The number of aromatic nitrogens is 1. The number of hydrogen-bond donors (Lipinski definition) is 2. The number of quaternary nitrogens is 2. The van der Waals surface area contributed by atoms with Crippen LogP contribution in [0.15, 0.2) is 54.6 Å². The van der Waals surface area contributed by atoms with Crippen LogP contribution in [0, 0.1) is 0 Å². The topological polar surface area (TPSA) is 51.3 Å². The summed E-state index contributed by atoms with van der Waals surface area (Å²) in [6.45, 7) is 7.12.